The normalized spacial score (nSPS) is 19.9. The number of rotatable bonds is 6. The first-order valence-corrected chi connectivity index (χ1v) is 15.5. The molecule has 2 atom stereocenters. The zero-order valence-electron chi connectivity index (χ0n) is 25.9. The largest absolute Gasteiger partial charge is 0.497 e. The minimum absolute atomic E-state index is 0.0528. The molecule has 236 valence electrons. The Hall–Kier alpha value is -4.55. The Morgan fingerprint density at radius 2 is 1.98 bits per heavy atom. The van der Waals surface area contributed by atoms with Gasteiger partial charge in [0, 0.05) is 62.4 Å². The van der Waals surface area contributed by atoms with Crippen LogP contribution in [0.1, 0.15) is 30.4 Å². The summed E-state index contributed by atoms with van der Waals surface area (Å²) < 4.78 is 24.6. The van der Waals surface area contributed by atoms with Crippen LogP contribution in [0.3, 0.4) is 0 Å². The van der Waals surface area contributed by atoms with Crippen molar-refractivity contribution in [1.29, 1.82) is 0 Å². The average molecular weight is 614 g/mol. The molecule has 4 aromatic rings. The molecule has 1 aliphatic carbocycles. The van der Waals surface area contributed by atoms with Gasteiger partial charge in [-0.25, -0.2) is 19.3 Å². The summed E-state index contributed by atoms with van der Waals surface area (Å²) in [4.78, 5) is 27.6. The van der Waals surface area contributed by atoms with Crippen molar-refractivity contribution < 1.29 is 23.7 Å². The van der Waals surface area contributed by atoms with E-state index in [1.807, 2.05) is 31.3 Å². The molecule has 45 heavy (non-hydrogen) atoms. The standard InChI is InChI=1S/C33H39N7O5/c1-38(18-22-5-6-25(42-2)16-29(22)43-3)27-17-30-35-23-13-21(14-24(15-23)39-9-4-11-44-12-10-39)19-45-28-8-7-26(28)36-33(41)40-20-34-31(27)32(40)37-30/h5-6,13-17,20,26,28H,4,7-12,18-19H2,1-3H3,(H,35,37)(H,36,41)/t26-,28-/m1/s1. The summed E-state index contributed by atoms with van der Waals surface area (Å²) in [6, 6.07) is 13.9. The molecule has 0 spiro atoms. The first-order chi connectivity index (χ1) is 22.0. The van der Waals surface area contributed by atoms with Crippen LogP contribution in [0.5, 0.6) is 11.5 Å². The molecule has 12 nitrogen and oxygen atoms in total. The molecule has 0 radical (unpaired) electrons. The number of amides is 1. The lowest BCUT2D eigenvalue weighted by Gasteiger charge is -2.37. The van der Waals surface area contributed by atoms with Crippen molar-refractivity contribution in [2.24, 2.45) is 0 Å². The summed E-state index contributed by atoms with van der Waals surface area (Å²) in [5, 5.41) is 6.70. The second-order valence-electron chi connectivity index (χ2n) is 11.8. The van der Waals surface area contributed by atoms with E-state index in [0.29, 0.717) is 36.7 Å². The van der Waals surface area contributed by atoms with Gasteiger partial charge in [-0.1, -0.05) is 0 Å². The zero-order valence-corrected chi connectivity index (χ0v) is 25.9. The molecule has 2 aromatic heterocycles. The van der Waals surface area contributed by atoms with Crippen LogP contribution in [0.15, 0.2) is 48.8 Å². The second kappa shape index (κ2) is 12.4. The third-order valence-corrected chi connectivity index (χ3v) is 8.84. The predicted molar refractivity (Wildman–Crippen MR) is 172 cm³/mol. The van der Waals surface area contributed by atoms with E-state index < -0.39 is 0 Å². The molecule has 2 aromatic carbocycles. The van der Waals surface area contributed by atoms with Crippen molar-refractivity contribution in [2.45, 2.75) is 44.6 Å². The van der Waals surface area contributed by atoms with E-state index in [9.17, 15) is 4.79 Å². The first kappa shape index (κ1) is 29.2. The van der Waals surface area contributed by atoms with Crippen LogP contribution in [0.4, 0.5) is 27.7 Å². The van der Waals surface area contributed by atoms with Gasteiger partial charge in [0.25, 0.3) is 0 Å². The Labute approximate surface area is 262 Å². The Bertz CT molecular complexity index is 1700. The van der Waals surface area contributed by atoms with Crippen molar-refractivity contribution in [1.82, 2.24) is 19.9 Å². The summed E-state index contributed by atoms with van der Waals surface area (Å²) in [6.07, 6.45) is 4.23. The lowest BCUT2D eigenvalue weighted by Crippen LogP contribution is -2.52. The Balaban J connectivity index is 1.30. The molecule has 1 saturated carbocycles. The summed E-state index contributed by atoms with van der Waals surface area (Å²) in [5.74, 6) is 2.05. The minimum atomic E-state index is -0.271. The number of hydrogen-bond acceptors (Lipinski definition) is 10. The molecular weight excluding hydrogens is 574 g/mol. The number of carbonyl (C=O) groups excluding carboxylic acids is 1. The van der Waals surface area contributed by atoms with E-state index in [4.69, 9.17) is 23.9 Å². The molecule has 2 N–H and O–H groups in total. The van der Waals surface area contributed by atoms with Crippen LogP contribution in [-0.4, -0.2) is 80.3 Å². The number of ether oxygens (including phenoxy) is 4. The number of pyridine rings is 1. The van der Waals surface area contributed by atoms with Crippen molar-refractivity contribution in [3.63, 3.8) is 0 Å². The molecule has 3 aliphatic rings. The number of anilines is 4. The van der Waals surface area contributed by atoms with Gasteiger partial charge >= 0.3 is 6.03 Å². The van der Waals surface area contributed by atoms with Gasteiger partial charge in [-0.15, -0.1) is 0 Å². The fraction of sp³-hybridized carbons (Fsp3) is 0.424. The second-order valence-corrected chi connectivity index (χ2v) is 11.8. The highest BCUT2D eigenvalue weighted by Gasteiger charge is 2.34. The van der Waals surface area contributed by atoms with E-state index in [1.54, 1.807) is 20.5 Å². The van der Waals surface area contributed by atoms with Gasteiger partial charge in [-0.2, -0.15) is 0 Å². The maximum absolute atomic E-state index is 13.5. The van der Waals surface area contributed by atoms with Gasteiger partial charge in [0.05, 0.1) is 45.3 Å². The monoisotopic (exact) mass is 613 g/mol. The highest BCUT2D eigenvalue weighted by atomic mass is 16.5. The SMILES string of the molecule is COc1ccc(CN(C)c2cc3nc4c2ncn4C(=O)N[C@@H]2CC[C@H]2OCc2cc(cc(N4CCCOCC4)c2)N3)c(OC)c1. The highest BCUT2D eigenvalue weighted by molar-refractivity contribution is 5.95. The minimum Gasteiger partial charge on any atom is -0.497 e. The van der Waals surface area contributed by atoms with E-state index in [-0.39, 0.29) is 18.2 Å². The van der Waals surface area contributed by atoms with E-state index >= 15 is 0 Å². The quantitative estimate of drug-likeness (QED) is 0.318. The molecule has 1 amide bonds. The molecule has 7 rings (SSSR count). The lowest BCUT2D eigenvalue weighted by atomic mass is 9.89. The Kier molecular flexibility index (Phi) is 8.07. The fourth-order valence-corrected chi connectivity index (χ4v) is 6.23. The van der Waals surface area contributed by atoms with Gasteiger partial charge in [-0.3, -0.25) is 0 Å². The van der Waals surface area contributed by atoms with Crippen molar-refractivity contribution in [3.05, 3.63) is 59.9 Å². The third kappa shape index (κ3) is 5.95. The van der Waals surface area contributed by atoms with Crippen LogP contribution < -0.4 is 29.9 Å². The molecule has 4 bridgehead atoms. The molecule has 4 heterocycles. The molecule has 2 fully saturated rings. The summed E-state index contributed by atoms with van der Waals surface area (Å²) in [7, 11) is 5.28. The smallest absolute Gasteiger partial charge is 0.328 e. The number of fused-ring (bicyclic) bond motifs is 4. The predicted octanol–water partition coefficient (Wildman–Crippen LogP) is 4.67. The van der Waals surface area contributed by atoms with Crippen LogP contribution >= 0.6 is 0 Å². The maximum atomic E-state index is 13.5. The third-order valence-electron chi connectivity index (χ3n) is 8.84. The maximum Gasteiger partial charge on any atom is 0.328 e. The highest BCUT2D eigenvalue weighted by Crippen LogP contribution is 2.34. The van der Waals surface area contributed by atoms with Crippen molar-refractivity contribution in [3.8, 4) is 11.5 Å². The van der Waals surface area contributed by atoms with E-state index in [1.165, 1.54) is 4.57 Å². The number of nitrogens with zero attached hydrogens (tertiary/aromatic N) is 5. The molecule has 2 aliphatic heterocycles. The van der Waals surface area contributed by atoms with Crippen LogP contribution in [0.25, 0.3) is 11.2 Å². The van der Waals surface area contributed by atoms with Gasteiger partial charge in [0.2, 0.25) is 0 Å². The number of hydrogen-bond donors (Lipinski definition) is 2. The number of imidazole rings is 1. The Morgan fingerprint density at radius 1 is 1.07 bits per heavy atom. The van der Waals surface area contributed by atoms with Gasteiger partial charge in [-0.05, 0) is 55.2 Å². The molecular formula is C33H39N7O5. The van der Waals surface area contributed by atoms with Crippen LogP contribution in [0, 0.1) is 0 Å². The van der Waals surface area contributed by atoms with Gasteiger partial charge < -0.3 is 39.4 Å². The summed E-state index contributed by atoms with van der Waals surface area (Å²) in [6.45, 7) is 4.20. The molecule has 12 heteroatoms. The van der Waals surface area contributed by atoms with Crippen molar-refractivity contribution in [2.75, 3.05) is 62.7 Å². The zero-order chi connectivity index (χ0) is 30.9. The van der Waals surface area contributed by atoms with Crippen LogP contribution in [0.2, 0.25) is 0 Å². The number of carbonyl (C=O) groups is 1. The number of nitrogens with one attached hydrogen (secondary N) is 2. The number of aromatic nitrogens is 3. The topological polar surface area (TPSA) is 115 Å². The van der Waals surface area contributed by atoms with Crippen molar-refractivity contribution >= 4 is 40.1 Å². The van der Waals surface area contributed by atoms with Gasteiger partial charge in [0.15, 0.2) is 5.65 Å². The Morgan fingerprint density at radius 3 is 2.80 bits per heavy atom. The van der Waals surface area contributed by atoms with E-state index in [2.05, 4.69) is 43.6 Å². The number of methoxy groups -OCH3 is 2. The summed E-state index contributed by atoms with van der Waals surface area (Å²) >= 11 is 0. The molecule has 0 unspecified atom stereocenters. The lowest BCUT2D eigenvalue weighted by molar-refractivity contribution is -0.0323. The fourth-order valence-electron chi connectivity index (χ4n) is 6.23. The first-order valence-electron chi connectivity index (χ1n) is 15.5. The average Bonchev–Trinajstić information content (AvgIpc) is 3.27. The number of benzene rings is 2. The van der Waals surface area contributed by atoms with Gasteiger partial charge in [0.1, 0.15) is 29.2 Å². The summed E-state index contributed by atoms with van der Waals surface area (Å²) in [5.41, 5.74) is 5.97. The molecule has 1 saturated heterocycles. The van der Waals surface area contributed by atoms with Crippen LogP contribution in [-0.2, 0) is 22.6 Å². The van der Waals surface area contributed by atoms with E-state index in [0.717, 1.165) is 78.6 Å².